The van der Waals surface area contributed by atoms with Crippen LogP contribution in [0.3, 0.4) is 0 Å². The molecule has 0 spiro atoms. The minimum Gasteiger partial charge on any atom is -0.325 e. The minimum absolute atomic E-state index is 0.154. The molecule has 0 aliphatic rings. The van der Waals surface area contributed by atoms with E-state index < -0.39 is 7.37 Å². The highest BCUT2D eigenvalue weighted by Crippen LogP contribution is 2.46. The molecule has 0 saturated heterocycles. The average Bonchev–Trinajstić information content (AvgIpc) is 2.87. The van der Waals surface area contributed by atoms with Crippen LogP contribution in [0.4, 0.5) is 5.69 Å². The van der Waals surface area contributed by atoms with Gasteiger partial charge in [-0.05, 0) is 41.5 Å². The topological polar surface area (TPSA) is 55.4 Å². The highest BCUT2D eigenvalue weighted by Gasteiger charge is 2.30. The highest BCUT2D eigenvalue weighted by atomic mass is 31.2. The molecule has 0 aliphatic carbocycles. The van der Waals surface area contributed by atoms with E-state index in [0.29, 0.717) is 11.9 Å². The van der Waals surface area contributed by atoms with Crippen LogP contribution in [0.5, 0.6) is 0 Å². The molecule has 0 aliphatic heterocycles. The summed E-state index contributed by atoms with van der Waals surface area (Å²) in [5.41, 5.74) is 3.05. The Kier molecular flexibility index (Phi) is 14.3. The fourth-order valence-electron chi connectivity index (χ4n) is 4.73. The summed E-state index contributed by atoms with van der Waals surface area (Å²) in [6.07, 6.45) is 12.2. The van der Waals surface area contributed by atoms with E-state index in [9.17, 15) is 9.36 Å². The molecule has 0 aromatic heterocycles. The first kappa shape index (κ1) is 31.3. The number of rotatable bonds is 18. The van der Waals surface area contributed by atoms with E-state index in [1.165, 1.54) is 51.4 Å². The number of amides is 1. The second-order valence-corrected chi connectivity index (χ2v) is 13.3. The fraction of sp³-hybridized carbons (Fsp3) is 0.594. The van der Waals surface area contributed by atoms with Crippen molar-refractivity contribution in [1.82, 2.24) is 0 Å². The molecule has 0 saturated carbocycles. The van der Waals surface area contributed by atoms with Crippen LogP contribution >= 0.6 is 7.37 Å². The molecule has 0 bridgehead atoms. The van der Waals surface area contributed by atoms with Crippen molar-refractivity contribution in [3.63, 3.8) is 0 Å². The molecular weight excluding hydrogens is 477 g/mol. The summed E-state index contributed by atoms with van der Waals surface area (Å²) in [4.78, 5) is 13.3. The monoisotopic (exact) mass is 527 g/mol. The van der Waals surface area contributed by atoms with Gasteiger partial charge in [0.2, 0.25) is 13.3 Å². The maximum atomic E-state index is 14.0. The predicted molar refractivity (Wildman–Crippen MR) is 160 cm³/mol. The van der Waals surface area contributed by atoms with Crippen LogP contribution in [0.2, 0.25) is 0 Å². The van der Waals surface area contributed by atoms with E-state index in [4.69, 9.17) is 4.52 Å². The van der Waals surface area contributed by atoms with E-state index in [-0.39, 0.29) is 23.9 Å². The van der Waals surface area contributed by atoms with E-state index in [1.807, 2.05) is 36.4 Å². The number of anilines is 1. The van der Waals surface area contributed by atoms with E-state index in [2.05, 4.69) is 52.1 Å². The average molecular weight is 528 g/mol. The van der Waals surface area contributed by atoms with Crippen molar-refractivity contribution in [1.29, 1.82) is 0 Å². The van der Waals surface area contributed by atoms with Gasteiger partial charge in [0.25, 0.3) is 0 Å². The number of hydrogen-bond donors (Lipinski definition) is 1. The molecule has 1 unspecified atom stereocenters. The second kappa shape index (κ2) is 16.8. The van der Waals surface area contributed by atoms with Gasteiger partial charge in [-0.25, -0.2) is 0 Å². The third-order valence-corrected chi connectivity index (χ3v) is 9.32. The lowest BCUT2D eigenvalue weighted by atomic mass is 9.92. The molecule has 0 radical (unpaired) electrons. The Balaban J connectivity index is 1.97. The third kappa shape index (κ3) is 10.8. The van der Waals surface area contributed by atoms with Crippen molar-refractivity contribution in [3.8, 4) is 0 Å². The third-order valence-electron chi connectivity index (χ3n) is 6.94. The predicted octanol–water partition coefficient (Wildman–Crippen LogP) is 9.41. The zero-order chi connectivity index (χ0) is 27.1. The van der Waals surface area contributed by atoms with E-state index in [1.54, 1.807) is 0 Å². The molecule has 1 atom stereocenters. The lowest BCUT2D eigenvalue weighted by Crippen LogP contribution is -2.23. The van der Waals surface area contributed by atoms with Gasteiger partial charge in [-0.1, -0.05) is 129 Å². The van der Waals surface area contributed by atoms with Gasteiger partial charge in [-0.15, -0.1) is 0 Å². The summed E-state index contributed by atoms with van der Waals surface area (Å²) in [7, 11) is -3.33. The first-order valence-electron chi connectivity index (χ1n) is 14.5. The molecule has 2 rings (SSSR count). The molecule has 2 aromatic rings. The van der Waals surface area contributed by atoms with Crippen LogP contribution in [-0.4, -0.2) is 18.7 Å². The number of carbonyl (C=O) groups excluding carboxylic acids is 1. The normalized spacial score (nSPS) is 13.2. The van der Waals surface area contributed by atoms with Crippen molar-refractivity contribution in [2.75, 3.05) is 18.1 Å². The number of unbranched alkanes of at least 4 members (excludes halogenated alkanes) is 9. The minimum atomic E-state index is -3.33. The van der Waals surface area contributed by atoms with Crippen molar-refractivity contribution in [2.24, 2.45) is 0 Å². The lowest BCUT2D eigenvalue weighted by molar-refractivity contribution is -0.114. The van der Waals surface area contributed by atoms with Gasteiger partial charge in [-0.2, -0.15) is 0 Å². The number of benzene rings is 2. The Hall–Kier alpha value is -1.90. The van der Waals surface area contributed by atoms with Gasteiger partial charge in [0.1, 0.15) is 6.16 Å². The maximum Gasteiger partial charge on any atom is 0.241 e. The fourth-order valence-corrected chi connectivity index (χ4v) is 6.66. The first-order chi connectivity index (χ1) is 17.8. The maximum absolute atomic E-state index is 14.0. The number of para-hydroxylation sites is 1. The number of hydrogen-bond acceptors (Lipinski definition) is 3. The number of carbonyl (C=O) groups is 1. The van der Waals surface area contributed by atoms with Crippen LogP contribution in [0, 0.1) is 0 Å². The summed E-state index contributed by atoms with van der Waals surface area (Å²) in [6.45, 7) is 11.2. The summed E-state index contributed by atoms with van der Waals surface area (Å²) >= 11 is 0. The first-order valence-corrected chi connectivity index (χ1v) is 16.3. The van der Waals surface area contributed by atoms with Gasteiger partial charge in [-0.3, -0.25) is 9.36 Å². The molecule has 5 heteroatoms. The standard InChI is InChI=1S/C32H50NO3P/c1-6-7-8-9-10-11-12-13-14-18-24-36-37(35,28-20-16-15-17-21-28)25-31(34)33-32-29(26(2)3)22-19-23-30(32)27(4)5/h15-17,19-23,26-27H,6-14,18,24-25H2,1-5H3,(H,33,34). The Morgan fingerprint density at radius 3 is 1.78 bits per heavy atom. The quantitative estimate of drug-likeness (QED) is 0.155. The lowest BCUT2D eigenvalue weighted by Gasteiger charge is -2.22. The van der Waals surface area contributed by atoms with Crippen molar-refractivity contribution < 1.29 is 13.9 Å². The zero-order valence-electron chi connectivity index (χ0n) is 23.9. The Morgan fingerprint density at radius 2 is 1.27 bits per heavy atom. The van der Waals surface area contributed by atoms with E-state index in [0.717, 1.165) is 29.7 Å². The summed E-state index contributed by atoms with van der Waals surface area (Å²) < 4.78 is 20.1. The van der Waals surface area contributed by atoms with Gasteiger partial charge < -0.3 is 9.84 Å². The summed E-state index contributed by atoms with van der Waals surface area (Å²) in [6, 6.07) is 15.4. The summed E-state index contributed by atoms with van der Waals surface area (Å²) in [5, 5.41) is 3.73. The molecule has 1 amide bonds. The highest BCUT2D eigenvalue weighted by molar-refractivity contribution is 7.67. The van der Waals surface area contributed by atoms with Crippen LogP contribution in [0.15, 0.2) is 48.5 Å². The van der Waals surface area contributed by atoms with Crippen molar-refractivity contribution in [2.45, 2.75) is 111 Å². The van der Waals surface area contributed by atoms with Crippen LogP contribution in [-0.2, 0) is 13.9 Å². The van der Waals surface area contributed by atoms with Crippen molar-refractivity contribution in [3.05, 3.63) is 59.7 Å². The van der Waals surface area contributed by atoms with Crippen LogP contribution in [0.25, 0.3) is 0 Å². The Morgan fingerprint density at radius 1 is 0.757 bits per heavy atom. The molecule has 206 valence electrons. The molecule has 4 nitrogen and oxygen atoms in total. The SMILES string of the molecule is CCCCCCCCCCCCOP(=O)(CC(=O)Nc1c(C(C)C)cccc1C(C)C)c1ccccc1. The molecule has 0 fully saturated rings. The van der Waals surface area contributed by atoms with Crippen LogP contribution < -0.4 is 10.6 Å². The second-order valence-electron chi connectivity index (χ2n) is 10.9. The molecule has 1 N–H and O–H groups in total. The zero-order valence-corrected chi connectivity index (χ0v) is 24.8. The Bertz CT molecular complexity index is 945. The van der Waals surface area contributed by atoms with E-state index >= 15 is 0 Å². The molecular formula is C32H50NO3P. The smallest absolute Gasteiger partial charge is 0.241 e. The van der Waals surface area contributed by atoms with Crippen LogP contribution in [0.1, 0.15) is 122 Å². The summed E-state index contributed by atoms with van der Waals surface area (Å²) in [5.74, 6) is 0.273. The van der Waals surface area contributed by atoms with Gasteiger partial charge in [0.05, 0.1) is 6.61 Å². The largest absolute Gasteiger partial charge is 0.325 e. The molecule has 37 heavy (non-hydrogen) atoms. The molecule has 2 aromatic carbocycles. The Labute approximate surface area is 226 Å². The van der Waals surface area contributed by atoms with Gasteiger partial charge in [0.15, 0.2) is 0 Å². The van der Waals surface area contributed by atoms with Gasteiger partial charge in [0, 0.05) is 11.0 Å². The molecule has 0 heterocycles. The number of nitrogens with one attached hydrogen (secondary N) is 1. The van der Waals surface area contributed by atoms with Crippen molar-refractivity contribution >= 4 is 24.3 Å². The van der Waals surface area contributed by atoms with Gasteiger partial charge >= 0.3 is 0 Å².